The fraction of sp³-hybridized carbons (Fsp3) is 0.385. The second-order valence-electron chi connectivity index (χ2n) is 4.30. The maximum atomic E-state index is 11.7. The molecule has 0 aromatic heterocycles. The summed E-state index contributed by atoms with van der Waals surface area (Å²) in [7, 11) is 0. The van der Waals surface area contributed by atoms with Crippen LogP contribution >= 0.6 is 0 Å². The topological polar surface area (TPSA) is 37.4 Å². The molecule has 1 heterocycles. The highest BCUT2D eigenvalue weighted by atomic mass is 16.2. The zero-order valence-corrected chi connectivity index (χ0v) is 9.62. The number of aryl methyl sites for hydroxylation is 2. The van der Waals surface area contributed by atoms with Gasteiger partial charge in [-0.25, -0.2) is 0 Å². The van der Waals surface area contributed by atoms with E-state index in [1.165, 1.54) is 5.56 Å². The zero-order chi connectivity index (χ0) is 11.7. The third-order valence-corrected chi connectivity index (χ3v) is 2.91. The standard InChI is InChI=1S/C13H15NO2/c1-9-3-4-12(10(2)7-9)14-6-5-11(15)8-13(14)16/h3-4,7H,5-6,8H2,1-2H3. The molecular weight excluding hydrogens is 202 g/mol. The van der Waals surface area contributed by atoms with Crippen molar-refractivity contribution in [3.8, 4) is 0 Å². The van der Waals surface area contributed by atoms with Crippen molar-refractivity contribution in [3.05, 3.63) is 29.3 Å². The molecule has 0 N–H and O–H groups in total. The van der Waals surface area contributed by atoms with E-state index in [4.69, 9.17) is 0 Å². The highest BCUT2D eigenvalue weighted by Crippen LogP contribution is 2.24. The molecule has 0 spiro atoms. The van der Waals surface area contributed by atoms with Gasteiger partial charge in [-0.05, 0) is 25.5 Å². The average molecular weight is 217 g/mol. The zero-order valence-electron chi connectivity index (χ0n) is 9.62. The van der Waals surface area contributed by atoms with Crippen LogP contribution in [0.4, 0.5) is 5.69 Å². The number of rotatable bonds is 1. The van der Waals surface area contributed by atoms with Crippen molar-refractivity contribution >= 4 is 17.4 Å². The summed E-state index contributed by atoms with van der Waals surface area (Å²) in [6, 6.07) is 6.00. The number of hydrogen-bond donors (Lipinski definition) is 0. The fourth-order valence-electron chi connectivity index (χ4n) is 2.08. The van der Waals surface area contributed by atoms with Crippen LogP contribution < -0.4 is 4.90 Å². The summed E-state index contributed by atoms with van der Waals surface area (Å²) in [6.07, 6.45) is 0.520. The molecule has 1 aliphatic rings. The minimum absolute atomic E-state index is 0.0472. The van der Waals surface area contributed by atoms with Crippen LogP contribution in [0.5, 0.6) is 0 Å². The highest BCUT2D eigenvalue weighted by molar-refractivity contribution is 6.08. The average Bonchev–Trinajstić information content (AvgIpc) is 2.19. The lowest BCUT2D eigenvalue weighted by Gasteiger charge is -2.27. The number of anilines is 1. The van der Waals surface area contributed by atoms with E-state index in [1.54, 1.807) is 4.90 Å². The minimum Gasteiger partial charge on any atom is -0.311 e. The molecule has 2 rings (SSSR count). The molecular formula is C13H15NO2. The Labute approximate surface area is 95.1 Å². The molecule has 0 saturated carbocycles. The van der Waals surface area contributed by atoms with Gasteiger partial charge in [-0.3, -0.25) is 9.59 Å². The maximum Gasteiger partial charge on any atom is 0.234 e. The lowest BCUT2D eigenvalue weighted by Crippen LogP contribution is -2.39. The molecule has 3 nitrogen and oxygen atoms in total. The molecule has 1 aromatic rings. The van der Waals surface area contributed by atoms with Crippen molar-refractivity contribution in [2.24, 2.45) is 0 Å². The Kier molecular flexibility index (Phi) is 2.77. The van der Waals surface area contributed by atoms with Gasteiger partial charge in [-0.15, -0.1) is 0 Å². The van der Waals surface area contributed by atoms with Crippen molar-refractivity contribution in [3.63, 3.8) is 0 Å². The predicted octanol–water partition coefficient (Wildman–Crippen LogP) is 2.00. The van der Waals surface area contributed by atoms with Gasteiger partial charge in [0.15, 0.2) is 0 Å². The molecule has 1 amide bonds. The largest absolute Gasteiger partial charge is 0.311 e. The van der Waals surface area contributed by atoms with Crippen LogP contribution in [-0.2, 0) is 9.59 Å². The minimum atomic E-state index is -0.0804. The Morgan fingerprint density at radius 2 is 1.94 bits per heavy atom. The SMILES string of the molecule is Cc1ccc(N2CCC(=O)CC2=O)c(C)c1. The number of nitrogens with zero attached hydrogens (tertiary/aromatic N) is 1. The number of hydrogen-bond acceptors (Lipinski definition) is 2. The van der Waals surface area contributed by atoms with E-state index in [9.17, 15) is 9.59 Å². The summed E-state index contributed by atoms with van der Waals surface area (Å²) >= 11 is 0. The number of ketones is 1. The number of Topliss-reactive ketones (excluding diaryl/α,β-unsaturated/α-hetero) is 1. The Balaban J connectivity index is 2.30. The van der Waals surface area contributed by atoms with E-state index in [-0.39, 0.29) is 18.1 Å². The van der Waals surface area contributed by atoms with Crippen LogP contribution in [0.2, 0.25) is 0 Å². The van der Waals surface area contributed by atoms with E-state index in [1.807, 2.05) is 26.0 Å². The van der Waals surface area contributed by atoms with Gasteiger partial charge in [0.1, 0.15) is 5.78 Å². The Morgan fingerprint density at radius 3 is 2.56 bits per heavy atom. The second-order valence-corrected chi connectivity index (χ2v) is 4.30. The molecule has 0 aliphatic carbocycles. The van der Waals surface area contributed by atoms with E-state index in [0.29, 0.717) is 13.0 Å². The fourth-order valence-corrected chi connectivity index (χ4v) is 2.08. The number of piperidine rings is 1. The van der Waals surface area contributed by atoms with Crippen molar-refractivity contribution < 1.29 is 9.59 Å². The Morgan fingerprint density at radius 1 is 1.19 bits per heavy atom. The smallest absolute Gasteiger partial charge is 0.234 e. The first-order chi connectivity index (χ1) is 7.58. The number of carbonyl (C=O) groups excluding carboxylic acids is 2. The summed E-state index contributed by atoms with van der Waals surface area (Å²) in [5.41, 5.74) is 3.20. The summed E-state index contributed by atoms with van der Waals surface area (Å²) < 4.78 is 0. The molecule has 0 bridgehead atoms. The van der Waals surface area contributed by atoms with Gasteiger partial charge in [0.05, 0.1) is 6.42 Å². The van der Waals surface area contributed by atoms with Crippen LogP contribution in [0.3, 0.4) is 0 Å². The van der Waals surface area contributed by atoms with Crippen molar-refractivity contribution in [2.45, 2.75) is 26.7 Å². The van der Waals surface area contributed by atoms with Crippen LogP contribution in [0.25, 0.3) is 0 Å². The Hall–Kier alpha value is -1.64. The van der Waals surface area contributed by atoms with Crippen LogP contribution in [0.1, 0.15) is 24.0 Å². The van der Waals surface area contributed by atoms with Gasteiger partial charge < -0.3 is 4.90 Å². The van der Waals surface area contributed by atoms with E-state index in [2.05, 4.69) is 6.07 Å². The first kappa shape index (κ1) is 10.9. The molecule has 1 aromatic carbocycles. The summed E-state index contributed by atoms with van der Waals surface area (Å²) in [5, 5.41) is 0. The monoisotopic (exact) mass is 217 g/mol. The summed E-state index contributed by atoms with van der Waals surface area (Å²) in [5.74, 6) is -0.0331. The molecule has 84 valence electrons. The lowest BCUT2D eigenvalue weighted by molar-refractivity contribution is -0.128. The van der Waals surface area contributed by atoms with Crippen LogP contribution in [0.15, 0.2) is 18.2 Å². The van der Waals surface area contributed by atoms with E-state index in [0.717, 1.165) is 11.3 Å². The molecule has 0 atom stereocenters. The molecule has 16 heavy (non-hydrogen) atoms. The predicted molar refractivity (Wildman–Crippen MR) is 62.5 cm³/mol. The second kappa shape index (κ2) is 4.08. The quantitative estimate of drug-likeness (QED) is 0.675. The van der Waals surface area contributed by atoms with Gasteiger partial charge >= 0.3 is 0 Å². The number of carbonyl (C=O) groups is 2. The maximum absolute atomic E-state index is 11.7. The summed E-state index contributed by atoms with van der Waals surface area (Å²) in [6.45, 7) is 4.53. The van der Waals surface area contributed by atoms with E-state index < -0.39 is 0 Å². The van der Waals surface area contributed by atoms with Crippen LogP contribution in [-0.4, -0.2) is 18.2 Å². The first-order valence-corrected chi connectivity index (χ1v) is 5.47. The Bertz CT molecular complexity index is 451. The van der Waals surface area contributed by atoms with Crippen molar-refractivity contribution in [2.75, 3.05) is 11.4 Å². The normalized spacial score (nSPS) is 16.8. The molecule has 1 fully saturated rings. The van der Waals surface area contributed by atoms with Gasteiger partial charge in [0, 0.05) is 18.7 Å². The third-order valence-electron chi connectivity index (χ3n) is 2.91. The molecule has 1 saturated heterocycles. The van der Waals surface area contributed by atoms with Gasteiger partial charge in [0.25, 0.3) is 0 Å². The van der Waals surface area contributed by atoms with Gasteiger partial charge in [0.2, 0.25) is 5.91 Å². The first-order valence-electron chi connectivity index (χ1n) is 5.47. The number of amides is 1. The van der Waals surface area contributed by atoms with Crippen molar-refractivity contribution in [1.82, 2.24) is 0 Å². The molecule has 1 aliphatic heterocycles. The van der Waals surface area contributed by atoms with E-state index >= 15 is 0 Å². The van der Waals surface area contributed by atoms with Gasteiger partial charge in [-0.1, -0.05) is 17.7 Å². The number of benzene rings is 1. The third kappa shape index (κ3) is 1.98. The van der Waals surface area contributed by atoms with Crippen LogP contribution in [0, 0.1) is 13.8 Å². The molecule has 0 radical (unpaired) electrons. The lowest BCUT2D eigenvalue weighted by atomic mass is 10.0. The van der Waals surface area contributed by atoms with Crippen molar-refractivity contribution in [1.29, 1.82) is 0 Å². The molecule has 0 unspecified atom stereocenters. The summed E-state index contributed by atoms with van der Waals surface area (Å²) in [4.78, 5) is 24.6. The molecule has 3 heteroatoms. The highest BCUT2D eigenvalue weighted by Gasteiger charge is 2.25. The van der Waals surface area contributed by atoms with Gasteiger partial charge in [-0.2, -0.15) is 0 Å².